The molecule has 0 aromatic heterocycles. The van der Waals surface area contributed by atoms with E-state index in [0.29, 0.717) is 11.3 Å². The summed E-state index contributed by atoms with van der Waals surface area (Å²) in [4.78, 5) is 22.7. The van der Waals surface area contributed by atoms with Gasteiger partial charge in [0.05, 0.1) is 12.1 Å². The third-order valence-electron chi connectivity index (χ3n) is 2.84. The molecule has 0 heterocycles. The number of carbonyl (C=O) groups is 2. The molecule has 0 saturated carbocycles. The Morgan fingerprint density at radius 3 is 2.32 bits per heavy atom. The molecule has 114 valence electrons. The van der Waals surface area contributed by atoms with E-state index in [-0.39, 0.29) is 18.0 Å². The molecule has 2 aromatic carbocycles. The lowest BCUT2D eigenvalue weighted by atomic mass is 10.1. The molecule has 0 aliphatic heterocycles. The quantitative estimate of drug-likeness (QED) is 0.912. The van der Waals surface area contributed by atoms with Crippen LogP contribution in [-0.2, 0) is 16.0 Å². The highest BCUT2D eigenvalue weighted by Gasteiger charge is 2.09. The fourth-order valence-electron chi connectivity index (χ4n) is 1.88. The lowest BCUT2D eigenvalue weighted by molar-refractivity contribution is -0.116. The van der Waals surface area contributed by atoms with Crippen LogP contribution in [0.1, 0.15) is 12.5 Å². The van der Waals surface area contributed by atoms with Crippen molar-refractivity contribution in [3.05, 3.63) is 59.7 Å². The van der Waals surface area contributed by atoms with E-state index in [1.165, 1.54) is 6.92 Å². The second-order valence-corrected chi connectivity index (χ2v) is 4.73. The summed E-state index contributed by atoms with van der Waals surface area (Å²) in [6.07, 6.45) is 0.0102. The van der Waals surface area contributed by atoms with Crippen molar-refractivity contribution >= 4 is 23.2 Å². The molecule has 2 N–H and O–H groups in total. The van der Waals surface area contributed by atoms with E-state index in [4.69, 9.17) is 0 Å². The van der Waals surface area contributed by atoms with Gasteiger partial charge in [0.25, 0.3) is 0 Å². The van der Waals surface area contributed by atoms with Crippen LogP contribution in [-0.4, -0.2) is 11.8 Å². The van der Waals surface area contributed by atoms with Crippen LogP contribution in [0.3, 0.4) is 0 Å². The third kappa shape index (κ3) is 4.37. The number of hydrogen-bond acceptors (Lipinski definition) is 2. The van der Waals surface area contributed by atoms with Crippen LogP contribution in [0.15, 0.2) is 42.5 Å². The van der Waals surface area contributed by atoms with E-state index in [1.54, 1.807) is 24.3 Å². The Morgan fingerprint density at radius 2 is 1.68 bits per heavy atom. The first-order chi connectivity index (χ1) is 10.4. The minimum absolute atomic E-state index is 0.0102. The number of benzene rings is 2. The van der Waals surface area contributed by atoms with Gasteiger partial charge >= 0.3 is 0 Å². The number of rotatable bonds is 4. The summed E-state index contributed by atoms with van der Waals surface area (Å²) in [5, 5.41) is 4.93. The first kappa shape index (κ1) is 15.6. The zero-order valence-corrected chi connectivity index (χ0v) is 11.8. The Balaban J connectivity index is 1.99. The molecule has 0 radical (unpaired) electrons. The Bertz CT molecular complexity index is 700. The molecule has 0 unspecified atom stereocenters. The van der Waals surface area contributed by atoms with Crippen LogP contribution in [0, 0.1) is 11.6 Å². The minimum Gasteiger partial charge on any atom is -0.326 e. The monoisotopic (exact) mass is 304 g/mol. The topological polar surface area (TPSA) is 58.2 Å². The number of nitrogens with one attached hydrogen (secondary N) is 2. The Morgan fingerprint density at radius 1 is 1.00 bits per heavy atom. The molecule has 2 rings (SSSR count). The number of carbonyl (C=O) groups excluding carboxylic acids is 2. The Kier molecular flexibility index (Phi) is 4.83. The molecule has 0 spiro atoms. The van der Waals surface area contributed by atoms with Crippen LogP contribution in [0.5, 0.6) is 0 Å². The van der Waals surface area contributed by atoms with Gasteiger partial charge < -0.3 is 10.6 Å². The van der Waals surface area contributed by atoms with Gasteiger partial charge in [0.1, 0.15) is 11.6 Å². The van der Waals surface area contributed by atoms with E-state index in [9.17, 15) is 18.4 Å². The van der Waals surface area contributed by atoms with E-state index >= 15 is 0 Å². The first-order valence-electron chi connectivity index (χ1n) is 6.55. The fourth-order valence-corrected chi connectivity index (χ4v) is 1.88. The summed E-state index contributed by atoms with van der Waals surface area (Å²) < 4.78 is 26.4. The summed E-state index contributed by atoms with van der Waals surface area (Å²) in [6, 6.07) is 9.52. The molecule has 0 aliphatic rings. The maximum atomic E-state index is 13.4. The van der Waals surface area contributed by atoms with Crippen molar-refractivity contribution in [2.45, 2.75) is 13.3 Å². The van der Waals surface area contributed by atoms with Gasteiger partial charge in [-0.3, -0.25) is 9.59 Å². The van der Waals surface area contributed by atoms with Crippen LogP contribution in [0.2, 0.25) is 0 Å². The summed E-state index contributed by atoms with van der Waals surface area (Å²) >= 11 is 0. The van der Waals surface area contributed by atoms with Gasteiger partial charge in [-0.05, 0) is 29.8 Å². The van der Waals surface area contributed by atoms with Crippen LogP contribution >= 0.6 is 0 Å². The highest BCUT2D eigenvalue weighted by Crippen LogP contribution is 2.16. The van der Waals surface area contributed by atoms with Crippen LogP contribution < -0.4 is 10.6 Å². The molecule has 2 amide bonds. The Hall–Kier alpha value is -2.76. The van der Waals surface area contributed by atoms with Crippen molar-refractivity contribution in [1.29, 1.82) is 0 Å². The SMILES string of the molecule is CC(=O)Nc1ccc(CC(=O)Nc2cc(F)ccc2F)cc1. The van der Waals surface area contributed by atoms with Gasteiger partial charge in [-0.1, -0.05) is 12.1 Å². The molecule has 22 heavy (non-hydrogen) atoms. The Labute approximate surface area is 126 Å². The second-order valence-electron chi connectivity index (χ2n) is 4.73. The maximum absolute atomic E-state index is 13.4. The molecule has 0 fully saturated rings. The van der Waals surface area contributed by atoms with Crippen molar-refractivity contribution in [3.63, 3.8) is 0 Å². The van der Waals surface area contributed by atoms with E-state index in [1.807, 2.05) is 0 Å². The van der Waals surface area contributed by atoms with Crippen molar-refractivity contribution in [2.24, 2.45) is 0 Å². The standard InChI is InChI=1S/C16H14F2N2O2/c1-10(21)19-13-5-2-11(3-6-13)8-16(22)20-15-9-12(17)4-7-14(15)18/h2-7,9H,8H2,1H3,(H,19,21)(H,20,22). The highest BCUT2D eigenvalue weighted by molar-refractivity contribution is 5.92. The van der Waals surface area contributed by atoms with Crippen molar-refractivity contribution < 1.29 is 18.4 Å². The predicted molar refractivity (Wildman–Crippen MR) is 79.4 cm³/mol. The number of hydrogen-bond donors (Lipinski definition) is 2. The zero-order chi connectivity index (χ0) is 16.1. The van der Waals surface area contributed by atoms with Gasteiger partial charge in [-0.15, -0.1) is 0 Å². The van der Waals surface area contributed by atoms with Gasteiger partial charge in [0, 0.05) is 18.7 Å². The summed E-state index contributed by atoms with van der Waals surface area (Å²) in [7, 11) is 0. The van der Waals surface area contributed by atoms with Crippen molar-refractivity contribution in [2.75, 3.05) is 10.6 Å². The van der Waals surface area contributed by atoms with Crippen LogP contribution in [0.25, 0.3) is 0 Å². The molecule has 4 nitrogen and oxygen atoms in total. The summed E-state index contributed by atoms with van der Waals surface area (Å²) in [5.74, 6) is -1.98. The van der Waals surface area contributed by atoms with Crippen molar-refractivity contribution in [1.82, 2.24) is 0 Å². The smallest absolute Gasteiger partial charge is 0.228 e. The van der Waals surface area contributed by atoms with Crippen LogP contribution in [0.4, 0.5) is 20.2 Å². The zero-order valence-electron chi connectivity index (χ0n) is 11.8. The maximum Gasteiger partial charge on any atom is 0.228 e. The summed E-state index contributed by atoms with van der Waals surface area (Å²) in [5.41, 5.74) is 1.11. The average Bonchev–Trinajstić information content (AvgIpc) is 2.44. The third-order valence-corrected chi connectivity index (χ3v) is 2.84. The number of anilines is 2. The molecular formula is C16H14F2N2O2. The average molecular weight is 304 g/mol. The minimum atomic E-state index is -0.698. The van der Waals surface area contributed by atoms with Gasteiger partial charge in [-0.25, -0.2) is 8.78 Å². The van der Waals surface area contributed by atoms with Gasteiger partial charge in [0.15, 0.2) is 0 Å². The molecular weight excluding hydrogens is 290 g/mol. The second kappa shape index (κ2) is 6.80. The predicted octanol–water partition coefficient (Wildman–Crippen LogP) is 3.10. The first-order valence-corrected chi connectivity index (χ1v) is 6.55. The molecule has 0 bridgehead atoms. The van der Waals surface area contributed by atoms with Gasteiger partial charge in [0.2, 0.25) is 11.8 Å². The number of amides is 2. The normalized spacial score (nSPS) is 10.1. The number of halogens is 2. The molecule has 0 aliphatic carbocycles. The van der Waals surface area contributed by atoms with E-state index < -0.39 is 17.5 Å². The molecule has 0 saturated heterocycles. The van der Waals surface area contributed by atoms with Gasteiger partial charge in [-0.2, -0.15) is 0 Å². The van der Waals surface area contributed by atoms with E-state index in [0.717, 1.165) is 18.2 Å². The van der Waals surface area contributed by atoms with E-state index in [2.05, 4.69) is 10.6 Å². The fraction of sp³-hybridized carbons (Fsp3) is 0.125. The van der Waals surface area contributed by atoms with Crippen molar-refractivity contribution in [3.8, 4) is 0 Å². The highest BCUT2D eigenvalue weighted by atomic mass is 19.1. The largest absolute Gasteiger partial charge is 0.326 e. The molecule has 6 heteroatoms. The molecule has 2 aromatic rings. The molecule has 0 atom stereocenters. The lowest BCUT2D eigenvalue weighted by Gasteiger charge is -2.07. The lowest BCUT2D eigenvalue weighted by Crippen LogP contribution is -2.15. The summed E-state index contributed by atoms with van der Waals surface area (Å²) in [6.45, 7) is 1.40.